The van der Waals surface area contributed by atoms with E-state index in [2.05, 4.69) is 22.3 Å². The van der Waals surface area contributed by atoms with Gasteiger partial charge in [-0.1, -0.05) is 60.7 Å². The third-order valence-corrected chi connectivity index (χ3v) is 10.6. The maximum absolute atomic E-state index is 13.7. The Morgan fingerprint density at radius 1 is 1.00 bits per heavy atom. The van der Waals surface area contributed by atoms with Crippen LogP contribution in [0.4, 0.5) is 0 Å². The zero-order valence-corrected chi connectivity index (χ0v) is 26.2. The van der Waals surface area contributed by atoms with Crippen LogP contribution in [0.3, 0.4) is 0 Å². The van der Waals surface area contributed by atoms with Gasteiger partial charge in [0, 0.05) is 38.2 Å². The molecule has 0 saturated heterocycles. The number of nitrogens with zero attached hydrogens (tertiary/aromatic N) is 6. The predicted molar refractivity (Wildman–Crippen MR) is 168 cm³/mol. The Morgan fingerprint density at radius 3 is 2.56 bits per heavy atom. The molecule has 1 fully saturated rings. The first-order chi connectivity index (χ1) is 21.7. The number of carbonyl (C=O) groups excluding carboxylic acids is 1. The topological polar surface area (TPSA) is 112 Å². The highest BCUT2D eigenvalue weighted by molar-refractivity contribution is 7.89. The Kier molecular flexibility index (Phi) is 7.37. The minimum Gasteiger partial charge on any atom is -0.465 e. The van der Waals surface area contributed by atoms with Gasteiger partial charge in [0.15, 0.2) is 0 Å². The van der Waals surface area contributed by atoms with Crippen molar-refractivity contribution in [1.82, 2.24) is 29.1 Å². The van der Waals surface area contributed by atoms with Crippen LogP contribution in [0.25, 0.3) is 16.8 Å². The summed E-state index contributed by atoms with van der Waals surface area (Å²) in [7, 11) is -0.420. The van der Waals surface area contributed by atoms with Crippen molar-refractivity contribution in [3.05, 3.63) is 113 Å². The number of sulfonamides is 1. The molecule has 3 atom stereocenters. The van der Waals surface area contributed by atoms with Gasteiger partial charge in [0.2, 0.25) is 10.0 Å². The van der Waals surface area contributed by atoms with Crippen molar-refractivity contribution in [2.75, 3.05) is 13.7 Å². The van der Waals surface area contributed by atoms with Gasteiger partial charge in [-0.25, -0.2) is 17.9 Å². The summed E-state index contributed by atoms with van der Waals surface area (Å²) in [6.45, 7) is 2.84. The molecule has 3 heterocycles. The van der Waals surface area contributed by atoms with E-state index < -0.39 is 16.0 Å². The highest BCUT2D eigenvalue weighted by Gasteiger charge is 2.46. The minimum atomic E-state index is -3.63. The van der Waals surface area contributed by atoms with Crippen molar-refractivity contribution < 1.29 is 17.9 Å². The van der Waals surface area contributed by atoms with E-state index in [1.165, 1.54) is 7.11 Å². The first-order valence-electron chi connectivity index (χ1n) is 15.0. The summed E-state index contributed by atoms with van der Waals surface area (Å²) in [6.07, 6.45) is 5.04. The summed E-state index contributed by atoms with van der Waals surface area (Å²) in [4.78, 5) is 13.1. The van der Waals surface area contributed by atoms with E-state index in [1.807, 2.05) is 78.6 Å². The molecule has 0 spiro atoms. The van der Waals surface area contributed by atoms with Gasteiger partial charge in [-0.15, -0.1) is 5.10 Å². The van der Waals surface area contributed by atoms with Crippen LogP contribution < -0.4 is 0 Å². The van der Waals surface area contributed by atoms with Gasteiger partial charge in [-0.2, -0.15) is 9.40 Å². The SMILES string of the molecule is COC(=O)c1cnn(-c2cccc(-c3cccc(CN4C[C@H](C)Cc5ccccc5S4(=O)=O)c3)c2)c1[C@@H]1C[C@H]1c1cn(C)nn1. The van der Waals surface area contributed by atoms with Crippen LogP contribution in [0, 0.1) is 5.92 Å². The number of fused-ring (bicyclic) bond motifs is 1. The molecule has 45 heavy (non-hydrogen) atoms. The highest BCUT2D eigenvalue weighted by atomic mass is 32.2. The minimum absolute atomic E-state index is 0.0494. The lowest BCUT2D eigenvalue weighted by molar-refractivity contribution is 0.0599. The second kappa shape index (κ2) is 11.4. The number of hydrogen-bond acceptors (Lipinski definition) is 7. The van der Waals surface area contributed by atoms with Crippen molar-refractivity contribution in [2.45, 2.75) is 43.0 Å². The number of esters is 1. The molecule has 0 N–H and O–H groups in total. The Hall–Kier alpha value is -4.61. The summed E-state index contributed by atoms with van der Waals surface area (Å²) in [5, 5.41) is 13.0. The van der Waals surface area contributed by atoms with Crippen LogP contribution in [0.2, 0.25) is 0 Å². The molecule has 230 valence electrons. The molecule has 1 saturated carbocycles. The monoisotopic (exact) mass is 622 g/mol. The summed E-state index contributed by atoms with van der Waals surface area (Å²) < 4.78 is 37.6. The molecule has 10 nitrogen and oxygen atoms in total. The Morgan fingerprint density at radius 2 is 1.78 bits per heavy atom. The number of hydrogen-bond donors (Lipinski definition) is 0. The van der Waals surface area contributed by atoms with E-state index in [9.17, 15) is 13.2 Å². The fourth-order valence-electron chi connectivity index (χ4n) is 6.52. The van der Waals surface area contributed by atoms with Gasteiger partial charge < -0.3 is 4.74 Å². The third kappa shape index (κ3) is 5.46. The maximum atomic E-state index is 13.7. The highest BCUT2D eigenvalue weighted by Crippen LogP contribution is 2.55. The Labute approximate surface area is 262 Å². The van der Waals surface area contributed by atoms with Crippen molar-refractivity contribution in [3.8, 4) is 16.8 Å². The van der Waals surface area contributed by atoms with Crippen LogP contribution >= 0.6 is 0 Å². The summed E-state index contributed by atoms with van der Waals surface area (Å²) >= 11 is 0. The summed E-state index contributed by atoms with van der Waals surface area (Å²) in [6, 6.07) is 23.3. The average Bonchev–Trinajstić information content (AvgIpc) is 3.52. The lowest BCUT2D eigenvalue weighted by atomic mass is 10.0. The van der Waals surface area contributed by atoms with Gasteiger partial charge in [-0.05, 0) is 65.3 Å². The van der Waals surface area contributed by atoms with E-state index in [1.54, 1.807) is 27.3 Å². The molecule has 2 aromatic heterocycles. The fourth-order valence-corrected chi connectivity index (χ4v) is 8.30. The first kappa shape index (κ1) is 29.1. The average molecular weight is 623 g/mol. The molecular formula is C34H34N6O4S. The van der Waals surface area contributed by atoms with Crippen LogP contribution in [0.15, 0.2) is 90.1 Å². The standard InChI is InChI=1S/C34H34N6O4S/c1-22-14-26-9-4-5-13-32(26)45(42,43)39(19-22)20-23-8-6-10-24(15-23)25-11-7-12-27(16-25)40-33(30(18-35-40)34(41)44-3)29-17-28(29)31-21-38(2)37-36-31/h4-13,15-16,18,21-22,28-29H,14,17,19-20H2,1-3H3/t22-,28-,29-/m1/s1. The Bertz CT molecular complexity index is 2020. The number of methoxy groups -OCH3 is 1. The molecule has 1 aliphatic heterocycles. The quantitative estimate of drug-likeness (QED) is 0.232. The largest absolute Gasteiger partial charge is 0.465 e. The molecule has 5 aromatic rings. The first-order valence-corrected chi connectivity index (χ1v) is 16.5. The van der Waals surface area contributed by atoms with Gasteiger partial charge in [0.05, 0.1) is 35.3 Å². The van der Waals surface area contributed by atoms with Gasteiger partial charge in [-0.3, -0.25) is 4.68 Å². The fraction of sp³-hybridized carbons (Fsp3) is 0.294. The van der Waals surface area contributed by atoms with E-state index >= 15 is 0 Å². The maximum Gasteiger partial charge on any atom is 0.341 e. The van der Waals surface area contributed by atoms with Gasteiger partial charge in [0.25, 0.3) is 0 Å². The molecule has 1 aliphatic carbocycles. The van der Waals surface area contributed by atoms with Crippen molar-refractivity contribution in [3.63, 3.8) is 0 Å². The second-order valence-electron chi connectivity index (χ2n) is 12.1. The van der Waals surface area contributed by atoms with E-state index in [0.29, 0.717) is 17.0 Å². The second-order valence-corrected chi connectivity index (χ2v) is 14.0. The zero-order chi connectivity index (χ0) is 31.3. The van der Waals surface area contributed by atoms with E-state index in [0.717, 1.165) is 52.2 Å². The predicted octanol–water partition coefficient (Wildman–Crippen LogP) is 5.11. The summed E-state index contributed by atoms with van der Waals surface area (Å²) in [5.41, 5.74) is 6.63. The van der Waals surface area contributed by atoms with Crippen LogP contribution in [0.1, 0.15) is 58.1 Å². The lowest BCUT2D eigenvalue weighted by Gasteiger charge is -2.22. The molecule has 0 radical (unpaired) electrons. The van der Waals surface area contributed by atoms with Gasteiger partial charge >= 0.3 is 5.97 Å². The van der Waals surface area contributed by atoms with Crippen molar-refractivity contribution >= 4 is 16.0 Å². The van der Waals surface area contributed by atoms with Crippen LogP contribution in [-0.2, 0) is 34.8 Å². The number of ether oxygens (including phenoxy) is 1. The van der Waals surface area contributed by atoms with Crippen molar-refractivity contribution in [1.29, 1.82) is 0 Å². The molecule has 7 rings (SSSR count). The molecule has 2 aliphatic rings. The smallest absolute Gasteiger partial charge is 0.341 e. The Balaban J connectivity index is 1.20. The van der Waals surface area contributed by atoms with Crippen molar-refractivity contribution in [2.24, 2.45) is 13.0 Å². The summed E-state index contributed by atoms with van der Waals surface area (Å²) in [5.74, 6) is -0.0394. The number of aromatic nitrogens is 5. The molecular weight excluding hydrogens is 588 g/mol. The third-order valence-electron chi connectivity index (χ3n) is 8.74. The number of aryl methyl sites for hydroxylation is 1. The van der Waals surface area contributed by atoms with Crippen LogP contribution in [0.5, 0.6) is 0 Å². The zero-order valence-electron chi connectivity index (χ0n) is 25.4. The molecule has 0 bridgehead atoms. The van der Waals surface area contributed by atoms with Gasteiger partial charge in [0.1, 0.15) is 5.56 Å². The molecule has 0 amide bonds. The van der Waals surface area contributed by atoms with E-state index in [4.69, 9.17) is 4.74 Å². The van der Waals surface area contributed by atoms with E-state index in [-0.39, 0.29) is 24.3 Å². The van der Waals surface area contributed by atoms with Crippen LogP contribution in [-0.4, -0.2) is 57.1 Å². The number of benzene rings is 3. The molecule has 11 heteroatoms. The normalized spacial score (nSPS) is 20.7. The number of carbonyl (C=O) groups is 1. The molecule has 0 unspecified atom stereocenters. The molecule has 3 aromatic carbocycles. The number of rotatable bonds is 7. The lowest BCUT2D eigenvalue weighted by Crippen LogP contribution is -2.32.